The number of carbonyl (C=O) groups is 1. The molecule has 0 saturated carbocycles. The van der Waals surface area contributed by atoms with Crippen LogP contribution in [-0.4, -0.2) is 94.0 Å². The fraction of sp³-hybridized carbons (Fsp3) is 0.600. The number of guanidine groups is 1. The Morgan fingerprint density at radius 2 is 1.90 bits per heavy atom. The lowest BCUT2D eigenvalue weighted by molar-refractivity contribution is -0.127. The number of nitrogens with zero attached hydrogens (tertiary/aromatic N) is 3. The molecule has 0 atom stereocenters. The number of halogens is 1. The summed E-state index contributed by atoms with van der Waals surface area (Å²) in [7, 11) is 3.48. The molecule has 1 amide bonds. The largest absolute Gasteiger partial charge is 0.379 e. The first kappa shape index (κ1) is 23.8. The van der Waals surface area contributed by atoms with Crippen molar-refractivity contribution in [2.24, 2.45) is 4.99 Å². The first-order valence-corrected chi connectivity index (χ1v) is 11.3. The van der Waals surface area contributed by atoms with Crippen LogP contribution in [0.5, 0.6) is 0 Å². The van der Waals surface area contributed by atoms with Crippen molar-refractivity contribution in [3.63, 3.8) is 0 Å². The molecule has 9 heteroatoms. The molecule has 1 heterocycles. The van der Waals surface area contributed by atoms with Crippen LogP contribution in [0.2, 0.25) is 5.02 Å². The van der Waals surface area contributed by atoms with E-state index in [1.54, 1.807) is 30.8 Å². The Bertz CT molecular complexity index is 636. The highest BCUT2D eigenvalue weighted by molar-refractivity contribution is 7.99. The third-order valence-corrected chi connectivity index (χ3v) is 5.66. The highest BCUT2D eigenvalue weighted by atomic mass is 35.5. The number of carbonyl (C=O) groups excluding carboxylic acids is 1. The SMILES string of the molecule is CN(C)C(=O)CN=C(NCCCN1CCOCC1)NCCSc1ccc(Cl)cc1. The molecule has 1 aromatic rings. The molecule has 0 aliphatic carbocycles. The van der Waals surface area contributed by atoms with Gasteiger partial charge in [-0.15, -0.1) is 11.8 Å². The monoisotopic (exact) mass is 441 g/mol. The smallest absolute Gasteiger partial charge is 0.243 e. The van der Waals surface area contributed by atoms with Crippen LogP contribution in [0.1, 0.15) is 6.42 Å². The van der Waals surface area contributed by atoms with Crippen molar-refractivity contribution < 1.29 is 9.53 Å². The van der Waals surface area contributed by atoms with Crippen molar-refractivity contribution in [1.29, 1.82) is 0 Å². The van der Waals surface area contributed by atoms with Crippen LogP contribution in [0.25, 0.3) is 0 Å². The van der Waals surface area contributed by atoms with E-state index in [-0.39, 0.29) is 12.5 Å². The second kappa shape index (κ2) is 13.7. The molecule has 2 N–H and O–H groups in total. The van der Waals surface area contributed by atoms with Crippen molar-refractivity contribution in [3.05, 3.63) is 29.3 Å². The van der Waals surface area contributed by atoms with Gasteiger partial charge in [0.2, 0.25) is 5.91 Å². The lowest BCUT2D eigenvalue weighted by Gasteiger charge is -2.26. The van der Waals surface area contributed by atoms with Crippen molar-refractivity contribution in [2.45, 2.75) is 11.3 Å². The van der Waals surface area contributed by atoms with Gasteiger partial charge in [-0.25, -0.2) is 4.99 Å². The molecule has 162 valence electrons. The predicted molar refractivity (Wildman–Crippen MR) is 121 cm³/mol. The van der Waals surface area contributed by atoms with Crippen LogP contribution in [0.3, 0.4) is 0 Å². The van der Waals surface area contributed by atoms with Gasteiger partial charge < -0.3 is 20.3 Å². The molecule has 1 aromatic carbocycles. The van der Waals surface area contributed by atoms with E-state index < -0.39 is 0 Å². The maximum absolute atomic E-state index is 11.9. The molecule has 7 nitrogen and oxygen atoms in total. The maximum Gasteiger partial charge on any atom is 0.243 e. The van der Waals surface area contributed by atoms with Gasteiger partial charge in [-0.1, -0.05) is 11.6 Å². The molecule has 0 radical (unpaired) electrons. The van der Waals surface area contributed by atoms with Crippen LogP contribution in [0, 0.1) is 0 Å². The zero-order chi connectivity index (χ0) is 20.9. The Morgan fingerprint density at radius 3 is 2.59 bits per heavy atom. The van der Waals surface area contributed by atoms with Crippen molar-refractivity contribution in [1.82, 2.24) is 20.4 Å². The van der Waals surface area contributed by atoms with Crippen molar-refractivity contribution in [2.75, 3.05) is 72.3 Å². The van der Waals surface area contributed by atoms with Gasteiger partial charge in [0, 0.05) is 55.9 Å². The highest BCUT2D eigenvalue weighted by Gasteiger charge is 2.09. The minimum Gasteiger partial charge on any atom is -0.379 e. The van der Waals surface area contributed by atoms with Crippen LogP contribution in [-0.2, 0) is 9.53 Å². The van der Waals surface area contributed by atoms with E-state index in [4.69, 9.17) is 16.3 Å². The maximum atomic E-state index is 11.9. The second-order valence-electron chi connectivity index (χ2n) is 6.92. The third kappa shape index (κ3) is 10.2. The molecule has 1 aliphatic heterocycles. The standard InChI is InChI=1S/C20H32ClN5O2S/c1-25(2)19(27)16-24-20(22-8-3-10-26-11-13-28-14-12-26)23-9-15-29-18-6-4-17(21)5-7-18/h4-7H,3,8-16H2,1-2H3,(H2,22,23,24). The number of hydrogen-bond donors (Lipinski definition) is 2. The molecule has 1 aliphatic rings. The van der Waals surface area contributed by atoms with E-state index in [1.807, 2.05) is 24.3 Å². The van der Waals surface area contributed by atoms with Crippen LogP contribution in [0.4, 0.5) is 0 Å². The van der Waals surface area contributed by atoms with E-state index >= 15 is 0 Å². The zero-order valence-corrected chi connectivity index (χ0v) is 18.9. The molecule has 0 aromatic heterocycles. The van der Waals surface area contributed by atoms with Crippen LogP contribution in [0.15, 0.2) is 34.2 Å². The molecular formula is C20H32ClN5O2S. The first-order chi connectivity index (χ1) is 14.0. The van der Waals surface area contributed by atoms with Gasteiger partial charge in [0.15, 0.2) is 5.96 Å². The number of nitrogens with one attached hydrogen (secondary N) is 2. The summed E-state index contributed by atoms with van der Waals surface area (Å²) in [5.74, 6) is 1.55. The minimum atomic E-state index is -0.0186. The normalized spacial score (nSPS) is 15.2. The average molecular weight is 442 g/mol. The van der Waals surface area contributed by atoms with E-state index in [0.717, 1.165) is 63.1 Å². The Kier molecular flexibility index (Phi) is 11.2. The summed E-state index contributed by atoms with van der Waals surface area (Å²) in [6, 6.07) is 7.82. The van der Waals surface area contributed by atoms with E-state index in [9.17, 15) is 4.79 Å². The summed E-state index contributed by atoms with van der Waals surface area (Å²) in [5, 5.41) is 7.41. The molecule has 2 rings (SSSR count). The molecule has 1 fully saturated rings. The first-order valence-electron chi connectivity index (χ1n) is 9.95. The highest BCUT2D eigenvalue weighted by Crippen LogP contribution is 2.19. The number of rotatable bonds is 10. The summed E-state index contributed by atoms with van der Waals surface area (Å²) in [6.07, 6.45) is 1.02. The fourth-order valence-corrected chi connectivity index (χ4v) is 3.56. The second-order valence-corrected chi connectivity index (χ2v) is 8.52. The van der Waals surface area contributed by atoms with Gasteiger partial charge in [-0.3, -0.25) is 9.69 Å². The van der Waals surface area contributed by atoms with E-state index in [1.165, 1.54) is 4.90 Å². The van der Waals surface area contributed by atoms with Gasteiger partial charge in [0.25, 0.3) is 0 Å². The number of likely N-dealkylation sites (N-methyl/N-ethyl adjacent to an activating group) is 1. The fourth-order valence-electron chi connectivity index (χ4n) is 2.67. The van der Waals surface area contributed by atoms with Crippen LogP contribution >= 0.6 is 23.4 Å². The number of amides is 1. The summed E-state index contributed by atoms with van der Waals surface area (Å²) >= 11 is 7.67. The molecule has 0 unspecified atom stereocenters. The number of thioether (sulfide) groups is 1. The summed E-state index contributed by atoms with van der Waals surface area (Å²) in [4.78, 5) is 21.4. The quantitative estimate of drug-likeness (QED) is 0.249. The predicted octanol–water partition coefficient (Wildman–Crippen LogP) is 1.78. The summed E-state index contributed by atoms with van der Waals surface area (Å²) < 4.78 is 5.38. The molecule has 0 bridgehead atoms. The van der Waals surface area contributed by atoms with Crippen molar-refractivity contribution in [3.8, 4) is 0 Å². The third-order valence-electron chi connectivity index (χ3n) is 4.40. The Morgan fingerprint density at radius 1 is 1.21 bits per heavy atom. The van der Waals surface area contributed by atoms with Gasteiger partial charge in [-0.05, 0) is 37.2 Å². The molecule has 1 saturated heterocycles. The Balaban J connectivity index is 1.73. The molecule has 29 heavy (non-hydrogen) atoms. The van der Waals surface area contributed by atoms with Crippen molar-refractivity contribution >= 4 is 35.2 Å². The Labute approximate surface area is 183 Å². The lowest BCUT2D eigenvalue weighted by atomic mass is 10.3. The van der Waals surface area contributed by atoms with Gasteiger partial charge in [-0.2, -0.15) is 0 Å². The van der Waals surface area contributed by atoms with Gasteiger partial charge >= 0.3 is 0 Å². The van der Waals surface area contributed by atoms with Gasteiger partial charge in [0.05, 0.1) is 13.2 Å². The zero-order valence-electron chi connectivity index (χ0n) is 17.3. The Hall–Kier alpha value is -1.48. The molecule has 0 spiro atoms. The van der Waals surface area contributed by atoms with E-state index in [0.29, 0.717) is 5.96 Å². The lowest BCUT2D eigenvalue weighted by Crippen LogP contribution is -2.42. The topological polar surface area (TPSA) is 69.2 Å². The molecular weight excluding hydrogens is 410 g/mol. The number of aliphatic imine (C=N–C) groups is 1. The summed E-state index contributed by atoms with van der Waals surface area (Å²) in [6.45, 7) is 6.36. The number of hydrogen-bond acceptors (Lipinski definition) is 5. The number of ether oxygens (including phenoxy) is 1. The average Bonchev–Trinajstić information content (AvgIpc) is 2.73. The van der Waals surface area contributed by atoms with E-state index in [2.05, 4.69) is 20.5 Å². The van der Waals surface area contributed by atoms with Crippen LogP contribution < -0.4 is 10.6 Å². The number of morpholine rings is 1. The number of benzene rings is 1. The minimum absolute atomic E-state index is 0.0186. The summed E-state index contributed by atoms with van der Waals surface area (Å²) in [5.41, 5.74) is 0. The van der Waals surface area contributed by atoms with Gasteiger partial charge in [0.1, 0.15) is 6.54 Å².